The van der Waals surface area contributed by atoms with Crippen LogP contribution in [0.1, 0.15) is 15.9 Å². The molecule has 0 N–H and O–H groups in total. The lowest BCUT2D eigenvalue weighted by molar-refractivity contribution is 0.112. The van der Waals surface area contributed by atoms with Gasteiger partial charge in [0.05, 0.1) is 5.02 Å². The van der Waals surface area contributed by atoms with Crippen LogP contribution >= 0.6 is 11.6 Å². The van der Waals surface area contributed by atoms with Gasteiger partial charge >= 0.3 is 0 Å². The molecule has 2 aromatic carbocycles. The summed E-state index contributed by atoms with van der Waals surface area (Å²) in [5.74, 6) is -0.345. The Kier molecular flexibility index (Phi) is 3.25. The molecule has 86 valence electrons. The van der Waals surface area contributed by atoms with Gasteiger partial charge in [0, 0.05) is 11.1 Å². The first-order valence-corrected chi connectivity index (χ1v) is 5.51. The minimum Gasteiger partial charge on any atom is -0.298 e. The van der Waals surface area contributed by atoms with E-state index in [0.717, 1.165) is 11.8 Å². The Morgan fingerprint density at radius 2 is 1.88 bits per heavy atom. The third-order valence-electron chi connectivity index (χ3n) is 2.63. The van der Waals surface area contributed by atoms with E-state index in [4.69, 9.17) is 11.6 Å². The molecular weight excluding hydrogens is 239 g/mol. The molecule has 1 nitrogen and oxygen atoms in total. The van der Waals surface area contributed by atoms with E-state index in [1.54, 1.807) is 31.2 Å². The second-order valence-corrected chi connectivity index (χ2v) is 4.19. The quantitative estimate of drug-likeness (QED) is 0.726. The molecule has 17 heavy (non-hydrogen) atoms. The molecule has 0 amide bonds. The zero-order valence-electron chi connectivity index (χ0n) is 9.21. The number of aldehydes is 1. The molecule has 0 aromatic heterocycles. The number of rotatable bonds is 2. The third kappa shape index (κ3) is 2.22. The first kappa shape index (κ1) is 11.8. The SMILES string of the molecule is Cc1cc(-c2ccccc2C=O)c(Cl)cc1F. The highest BCUT2D eigenvalue weighted by molar-refractivity contribution is 6.33. The molecule has 0 unspecified atom stereocenters. The molecule has 0 spiro atoms. The Bertz CT molecular complexity index is 578. The van der Waals surface area contributed by atoms with E-state index in [2.05, 4.69) is 0 Å². The fraction of sp³-hybridized carbons (Fsp3) is 0.0714. The summed E-state index contributed by atoms with van der Waals surface area (Å²) in [4.78, 5) is 10.9. The summed E-state index contributed by atoms with van der Waals surface area (Å²) in [6, 6.07) is 10.0. The van der Waals surface area contributed by atoms with Gasteiger partial charge in [-0.25, -0.2) is 4.39 Å². The van der Waals surface area contributed by atoms with Gasteiger partial charge in [0.25, 0.3) is 0 Å². The van der Waals surface area contributed by atoms with Gasteiger partial charge in [-0.15, -0.1) is 0 Å². The number of carbonyl (C=O) groups excluding carboxylic acids is 1. The van der Waals surface area contributed by atoms with Gasteiger partial charge in [-0.2, -0.15) is 0 Å². The normalized spacial score (nSPS) is 10.3. The van der Waals surface area contributed by atoms with Gasteiger partial charge in [-0.3, -0.25) is 4.79 Å². The Hall–Kier alpha value is -1.67. The fourth-order valence-corrected chi connectivity index (χ4v) is 1.96. The third-order valence-corrected chi connectivity index (χ3v) is 2.94. The Morgan fingerprint density at radius 3 is 2.59 bits per heavy atom. The summed E-state index contributed by atoms with van der Waals surface area (Å²) in [5.41, 5.74) is 2.44. The lowest BCUT2D eigenvalue weighted by Crippen LogP contribution is -1.91. The second kappa shape index (κ2) is 4.68. The van der Waals surface area contributed by atoms with E-state index in [-0.39, 0.29) is 5.82 Å². The van der Waals surface area contributed by atoms with Crippen molar-refractivity contribution >= 4 is 17.9 Å². The number of hydrogen-bond donors (Lipinski definition) is 0. The zero-order chi connectivity index (χ0) is 12.4. The van der Waals surface area contributed by atoms with Crippen LogP contribution in [0.4, 0.5) is 4.39 Å². The molecule has 0 atom stereocenters. The molecule has 0 saturated carbocycles. The van der Waals surface area contributed by atoms with Gasteiger partial charge in [-0.1, -0.05) is 35.9 Å². The lowest BCUT2D eigenvalue weighted by atomic mass is 9.99. The van der Waals surface area contributed by atoms with E-state index in [1.165, 1.54) is 6.07 Å². The molecule has 0 aliphatic heterocycles. The lowest BCUT2D eigenvalue weighted by Gasteiger charge is -2.09. The Balaban J connectivity index is 2.68. The Morgan fingerprint density at radius 1 is 1.18 bits per heavy atom. The number of benzene rings is 2. The van der Waals surface area contributed by atoms with Crippen LogP contribution in [0.5, 0.6) is 0 Å². The topological polar surface area (TPSA) is 17.1 Å². The van der Waals surface area contributed by atoms with Crippen LogP contribution in [-0.2, 0) is 0 Å². The average Bonchev–Trinajstić information content (AvgIpc) is 2.34. The van der Waals surface area contributed by atoms with E-state index in [0.29, 0.717) is 21.7 Å². The molecule has 0 aliphatic carbocycles. The van der Waals surface area contributed by atoms with Crippen LogP contribution in [-0.4, -0.2) is 6.29 Å². The van der Waals surface area contributed by atoms with Crippen LogP contribution in [0.25, 0.3) is 11.1 Å². The van der Waals surface area contributed by atoms with Crippen LogP contribution in [0.3, 0.4) is 0 Å². The summed E-state index contributed by atoms with van der Waals surface area (Å²) in [6.45, 7) is 1.67. The van der Waals surface area contributed by atoms with E-state index < -0.39 is 0 Å². The van der Waals surface area contributed by atoms with E-state index in [1.807, 2.05) is 6.07 Å². The maximum Gasteiger partial charge on any atom is 0.150 e. The van der Waals surface area contributed by atoms with Crippen molar-refractivity contribution in [1.29, 1.82) is 0 Å². The highest BCUT2D eigenvalue weighted by atomic mass is 35.5. The summed E-state index contributed by atoms with van der Waals surface area (Å²) >= 11 is 6.01. The molecule has 2 rings (SSSR count). The van der Waals surface area contributed by atoms with E-state index in [9.17, 15) is 9.18 Å². The minimum absolute atomic E-state index is 0.308. The minimum atomic E-state index is -0.345. The standard InChI is InChI=1S/C14H10ClFO/c1-9-6-12(13(15)7-14(9)16)11-5-3-2-4-10(11)8-17/h2-8H,1H3. The predicted octanol–water partition coefficient (Wildman–Crippen LogP) is 4.27. The molecular formula is C14H10ClFO. The van der Waals surface area contributed by atoms with Crippen molar-refractivity contribution in [2.45, 2.75) is 6.92 Å². The van der Waals surface area contributed by atoms with E-state index >= 15 is 0 Å². The van der Waals surface area contributed by atoms with Gasteiger partial charge in [0.15, 0.2) is 6.29 Å². The van der Waals surface area contributed by atoms with Crippen molar-refractivity contribution in [3.8, 4) is 11.1 Å². The van der Waals surface area contributed by atoms with Crippen molar-refractivity contribution in [3.05, 3.63) is 58.4 Å². The maximum atomic E-state index is 13.3. The van der Waals surface area contributed by atoms with Crippen LogP contribution < -0.4 is 0 Å². The summed E-state index contributed by atoms with van der Waals surface area (Å²) < 4.78 is 13.3. The number of halogens is 2. The molecule has 0 radical (unpaired) electrons. The highest BCUT2D eigenvalue weighted by Gasteiger charge is 2.10. The van der Waals surface area contributed by atoms with Crippen LogP contribution in [0.2, 0.25) is 5.02 Å². The molecule has 0 heterocycles. The van der Waals surface area contributed by atoms with Crippen LogP contribution in [0, 0.1) is 12.7 Å². The Labute approximate surface area is 104 Å². The number of hydrogen-bond acceptors (Lipinski definition) is 1. The molecule has 0 aliphatic rings. The number of carbonyl (C=O) groups is 1. The maximum absolute atomic E-state index is 13.3. The largest absolute Gasteiger partial charge is 0.298 e. The molecule has 0 fully saturated rings. The smallest absolute Gasteiger partial charge is 0.150 e. The molecule has 0 saturated heterocycles. The highest BCUT2D eigenvalue weighted by Crippen LogP contribution is 2.31. The molecule has 3 heteroatoms. The zero-order valence-corrected chi connectivity index (χ0v) is 9.96. The van der Waals surface area contributed by atoms with Gasteiger partial charge in [0.1, 0.15) is 5.82 Å². The first-order valence-electron chi connectivity index (χ1n) is 5.13. The predicted molar refractivity (Wildman–Crippen MR) is 67.0 cm³/mol. The molecule has 2 aromatic rings. The number of aryl methyl sites for hydroxylation is 1. The monoisotopic (exact) mass is 248 g/mol. The van der Waals surface area contributed by atoms with Gasteiger partial charge < -0.3 is 0 Å². The van der Waals surface area contributed by atoms with Crippen molar-refractivity contribution < 1.29 is 9.18 Å². The summed E-state index contributed by atoms with van der Waals surface area (Å²) in [5, 5.41) is 0.308. The van der Waals surface area contributed by atoms with Crippen molar-refractivity contribution in [2.24, 2.45) is 0 Å². The van der Waals surface area contributed by atoms with Crippen LogP contribution in [0.15, 0.2) is 36.4 Å². The average molecular weight is 249 g/mol. The van der Waals surface area contributed by atoms with Gasteiger partial charge in [-0.05, 0) is 30.2 Å². The summed E-state index contributed by atoms with van der Waals surface area (Å²) in [6.07, 6.45) is 0.768. The van der Waals surface area contributed by atoms with Crippen molar-refractivity contribution in [1.82, 2.24) is 0 Å². The summed E-state index contributed by atoms with van der Waals surface area (Å²) in [7, 11) is 0. The van der Waals surface area contributed by atoms with Gasteiger partial charge in [0.2, 0.25) is 0 Å². The van der Waals surface area contributed by atoms with Crippen molar-refractivity contribution in [2.75, 3.05) is 0 Å². The second-order valence-electron chi connectivity index (χ2n) is 3.79. The fourth-order valence-electron chi connectivity index (χ4n) is 1.71. The first-order chi connectivity index (χ1) is 8.13. The molecule has 0 bridgehead atoms. The van der Waals surface area contributed by atoms with Crippen molar-refractivity contribution in [3.63, 3.8) is 0 Å².